The van der Waals surface area contributed by atoms with Crippen molar-refractivity contribution in [3.05, 3.63) is 48.0 Å². The first-order chi connectivity index (χ1) is 28.3. The van der Waals surface area contributed by atoms with Crippen LogP contribution in [0.2, 0.25) is 0 Å². The molecule has 0 saturated carbocycles. The lowest BCUT2D eigenvalue weighted by atomic mass is 9.98. The fourth-order valence-electron chi connectivity index (χ4n) is 8.45. The third-order valence-corrected chi connectivity index (χ3v) is 12.2. The van der Waals surface area contributed by atoms with E-state index in [-0.39, 0.29) is 11.9 Å². The zero-order valence-corrected chi connectivity index (χ0v) is 38.2. The van der Waals surface area contributed by atoms with Gasteiger partial charge >= 0.3 is 11.9 Å². The zero-order chi connectivity index (χ0) is 41.6. The van der Waals surface area contributed by atoms with E-state index in [1.807, 2.05) is 30.3 Å². The summed E-state index contributed by atoms with van der Waals surface area (Å²) in [6.45, 7) is 11.4. The normalized spacial score (nSPS) is 11.7. The third kappa shape index (κ3) is 20.9. The lowest BCUT2D eigenvalue weighted by Crippen LogP contribution is -2.11. The van der Waals surface area contributed by atoms with Crippen molar-refractivity contribution < 1.29 is 19.1 Å². The SMILES string of the molecule is CCc1ccc2c(OC(=O)CCCCCCCCCCCCCCCC(C)C)c3ccccc3c(OC(=O)CCCCCCCCCCCCCCCC(C)C)c2c1. The van der Waals surface area contributed by atoms with Crippen LogP contribution >= 0.6 is 0 Å². The minimum absolute atomic E-state index is 0.190. The number of fused-ring (bicyclic) bond motifs is 2. The summed E-state index contributed by atoms with van der Waals surface area (Å²) in [6, 6.07) is 14.1. The topological polar surface area (TPSA) is 52.6 Å². The van der Waals surface area contributed by atoms with Crippen molar-refractivity contribution in [2.75, 3.05) is 0 Å². The number of rotatable bonds is 35. The number of esters is 2. The molecule has 3 rings (SSSR count). The fourth-order valence-corrected chi connectivity index (χ4v) is 8.45. The number of hydrogen-bond donors (Lipinski definition) is 0. The Kier molecular flexibility index (Phi) is 26.5. The molecule has 0 radical (unpaired) electrons. The van der Waals surface area contributed by atoms with Crippen molar-refractivity contribution in [2.45, 2.75) is 234 Å². The van der Waals surface area contributed by atoms with Crippen molar-refractivity contribution in [3.8, 4) is 11.5 Å². The second-order valence-electron chi connectivity index (χ2n) is 18.4. The highest BCUT2D eigenvalue weighted by molar-refractivity contribution is 6.12. The van der Waals surface area contributed by atoms with Gasteiger partial charge in [0.15, 0.2) is 0 Å². The van der Waals surface area contributed by atoms with Gasteiger partial charge in [0.25, 0.3) is 0 Å². The molecule has 3 aromatic rings. The molecule has 4 nitrogen and oxygen atoms in total. The van der Waals surface area contributed by atoms with E-state index in [1.54, 1.807) is 0 Å². The van der Waals surface area contributed by atoms with Crippen molar-refractivity contribution in [1.82, 2.24) is 0 Å². The summed E-state index contributed by atoms with van der Waals surface area (Å²) in [4.78, 5) is 26.5. The minimum atomic E-state index is -0.192. The molecule has 0 aliphatic carbocycles. The summed E-state index contributed by atoms with van der Waals surface area (Å²) in [5.41, 5.74) is 1.15. The van der Waals surface area contributed by atoms with E-state index in [2.05, 4.69) is 46.8 Å². The molecule has 0 amide bonds. The maximum Gasteiger partial charge on any atom is 0.311 e. The van der Waals surface area contributed by atoms with Gasteiger partial charge in [-0.1, -0.05) is 238 Å². The molecule has 326 valence electrons. The summed E-state index contributed by atoms with van der Waals surface area (Å²) in [6.07, 6.45) is 37.8. The van der Waals surface area contributed by atoms with Crippen LogP contribution in [0.3, 0.4) is 0 Å². The predicted octanol–water partition coefficient (Wildman–Crippen LogP) is 17.4. The van der Waals surface area contributed by atoms with Crippen LogP contribution in [0, 0.1) is 11.8 Å². The number of carbonyl (C=O) groups is 2. The molecule has 0 bridgehead atoms. The summed E-state index contributed by atoms with van der Waals surface area (Å²) >= 11 is 0. The molecule has 0 unspecified atom stereocenters. The summed E-state index contributed by atoms with van der Waals surface area (Å²) in [5, 5.41) is 3.28. The Balaban J connectivity index is 1.38. The molecule has 0 fully saturated rings. The van der Waals surface area contributed by atoms with Crippen LogP contribution in [0.5, 0.6) is 11.5 Å². The molecule has 0 atom stereocenters. The van der Waals surface area contributed by atoms with Gasteiger partial charge in [-0.3, -0.25) is 9.59 Å². The first-order valence-corrected chi connectivity index (χ1v) is 24.7. The highest BCUT2D eigenvalue weighted by Gasteiger charge is 2.20. The average Bonchev–Trinajstić information content (AvgIpc) is 3.21. The van der Waals surface area contributed by atoms with Gasteiger partial charge in [-0.25, -0.2) is 0 Å². The highest BCUT2D eigenvalue weighted by Crippen LogP contribution is 2.43. The summed E-state index contributed by atoms with van der Waals surface area (Å²) in [5.74, 6) is 2.46. The Morgan fingerprint density at radius 2 is 0.724 bits per heavy atom. The van der Waals surface area contributed by atoms with Crippen LogP contribution < -0.4 is 9.47 Å². The van der Waals surface area contributed by atoms with E-state index in [1.165, 1.54) is 154 Å². The molecule has 58 heavy (non-hydrogen) atoms. The van der Waals surface area contributed by atoms with Crippen LogP contribution in [0.15, 0.2) is 42.5 Å². The number of carbonyl (C=O) groups excluding carboxylic acids is 2. The average molecular weight is 799 g/mol. The predicted molar refractivity (Wildman–Crippen MR) is 250 cm³/mol. The van der Waals surface area contributed by atoms with Crippen LogP contribution in [-0.2, 0) is 16.0 Å². The number of unbranched alkanes of at least 4 members (excludes halogenated alkanes) is 24. The quantitative estimate of drug-likeness (QED) is 0.0257. The first kappa shape index (κ1) is 49.5. The molecule has 0 aromatic heterocycles. The zero-order valence-electron chi connectivity index (χ0n) is 38.2. The van der Waals surface area contributed by atoms with Gasteiger partial charge < -0.3 is 9.47 Å². The van der Waals surface area contributed by atoms with Gasteiger partial charge in [-0.15, -0.1) is 0 Å². The van der Waals surface area contributed by atoms with E-state index in [0.717, 1.165) is 71.0 Å². The Morgan fingerprint density at radius 3 is 1.07 bits per heavy atom. The van der Waals surface area contributed by atoms with Crippen molar-refractivity contribution in [3.63, 3.8) is 0 Å². The summed E-state index contributed by atoms with van der Waals surface area (Å²) in [7, 11) is 0. The Labute approximate surface area is 356 Å². The number of aryl methyl sites for hydroxylation is 1. The highest BCUT2D eigenvalue weighted by atomic mass is 16.5. The Morgan fingerprint density at radius 1 is 0.414 bits per heavy atom. The molecule has 0 saturated heterocycles. The lowest BCUT2D eigenvalue weighted by Gasteiger charge is -2.17. The number of benzene rings is 3. The van der Waals surface area contributed by atoms with Crippen LogP contribution in [0.1, 0.15) is 233 Å². The van der Waals surface area contributed by atoms with Gasteiger partial charge in [0.05, 0.1) is 0 Å². The van der Waals surface area contributed by atoms with Gasteiger partial charge in [0.2, 0.25) is 0 Å². The standard InChI is InChI=1S/C54H86O4/c1-6-46-41-42-49-50(43-46)54(58-52(56)40-32-28-24-20-16-12-8-10-14-18-22-26-30-36-45(4)5)48-38-34-33-37-47(48)53(49)57-51(55)39-31-27-23-19-15-11-7-9-13-17-21-25-29-35-44(2)3/h33-34,37-38,41-45H,6-32,35-36,39-40H2,1-5H3. The number of hydrogen-bond acceptors (Lipinski definition) is 4. The van der Waals surface area contributed by atoms with E-state index in [9.17, 15) is 9.59 Å². The van der Waals surface area contributed by atoms with Gasteiger partial charge in [0.1, 0.15) is 11.5 Å². The molecule has 0 spiro atoms. The summed E-state index contributed by atoms with van der Waals surface area (Å²) < 4.78 is 12.4. The maximum absolute atomic E-state index is 13.3. The van der Waals surface area contributed by atoms with Crippen molar-refractivity contribution in [2.24, 2.45) is 11.8 Å². The molecule has 0 aliphatic rings. The molecule has 3 aromatic carbocycles. The van der Waals surface area contributed by atoms with E-state index in [4.69, 9.17) is 9.47 Å². The maximum atomic E-state index is 13.3. The van der Waals surface area contributed by atoms with Gasteiger partial charge in [-0.2, -0.15) is 0 Å². The third-order valence-electron chi connectivity index (χ3n) is 12.2. The second kappa shape index (κ2) is 31.1. The first-order valence-electron chi connectivity index (χ1n) is 24.7. The molecule has 0 aliphatic heterocycles. The second-order valence-corrected chi connectivity index (χ2v) is 18.4. The van der Waals surface area contributed by atoms with E-state index >= 15 is 0 Å². The monoisotopic (exact) mass is 799 g/mol. The largest absolute Gasteiger partial charge is 0.425 e. The Hall–Kier alpha value is -2.88. The fraction of sp³-hybridized carbons (Fsp3) is 0.704. The molecule has 0 N–H and O–H groups in total. The van der Waals surface area contributed by atoms with Crippen LogP contribution in [0.25, 0.3) is 21.5 Å². The smallest absolute Gasteiger partial charge is 0.311 e. The molecular weight excluding hydrogens is 713 g/mol. The molecule has 4 heteroatoms. The Bertz CT molecular complexity index is 1540. The van der Waals surface area contributed by atoms with E-state index in [0.29, 0.717) is 24.3 Å². The minimum Gasteiger partial charge on any atom is -0.425 e. The molecule has 0 heterocycles. The van der Waals surface area contributed by atoms with Gasteiger partial charge in [-0.05, 0) is 42.7 Å². The number of ether oxygens (including phenoxy) is 2. The van der Waals surface area contributed by atoms with Crippen molar-refractivity contribution in [1.29, 1.82) is 0 Å². The van der Waals surface area contributed by atoms with Crippen molar-refractivity contribution >= 4 is 33.5 Å². The lowest BCUT2D eigenvalue weighted by molar-refractivity contribution is -0.135. The van der Waals surface area contributed by atoms with Crippen LogP contribution in [0.4, 0.5) is 0 Å². The van der Waals surface area contributed by atoms with Crippen LogP contribution in [-0.4, -0.2) is 11.9 Å². The molecular formula is C54H86O4. The van der Waals surface area contributed by atoms with Gasteiger partial charge in [0, 0.05) is 34.4 Å². The van der Waals surface area contributed by atoms with E-state index < -0.39 is 0 Å².